The van der Waals surface area contributed by atoms with E-state index >= 15 is 0 Å². The van der Waals surface area contributed by atoms with Crippen molar-refractivity contribution in [3.05, 3.63) is 39.9 Å². The number of rotatable bonds is 6. The summed E-state index contributed by atoms with van der Waals surface area (Å²) in [5.41, 5.74) is 1.34. The number of nitro groups is 1. The van der Waals surface area contributed by atoms with Crippen LogP contribution in [-0.4, -0.2) is 43.0 Å². The lowest BCUT2D eigenvalue weighted by molar-refractivity contribution is -0.384. The van der Waals surface area contributed by atoms with Crippen molar-refractivity contribution in [1.82, 2.24) is 10.2 Å². The minimum Gasteiger partial charge on any atom is -0.319 e. The van der Waals surface area contributed by atoms with Gasteiger partial charge in [-0.1, -0.05) is 12.1 Å². The maximum atomic E-state index is 10.6. The Morgan fingerprint density at radius 2 is 2.10 bits per heavy atom. The van der Waals surface area contributed by atoms with Crippen LogP contribution in [0.5, 0.6) is 0 Å². The number of hydrogen-bond donors (Lipinski definition) is 1. The van der Waals surface area contributed by atoms with Gasteiger partial charge in [-0.2, -0.15) is 0 Å². The van der Waals surface area contributed by atoms with Crippen molar-refractivity contribution >= 4 is 18.1 Å². The zero-order chi connectivity index (χ0) is 14.4. The van der Waals surface area contributed by atoms with E-state index in [9.17, 15) is 10.1 Å². The van der Waals surface area contributed by atoms with Gasteiger partial charge in [0, 0.05) is 25.2 Å². The van der Waals surface area contributed by atoms with Gasteiger partial charge in [0.1, 0.15) is 0 Å². The molecule has 1 fully saturated rings. The third-order valence-electron chi connectivity index (χ3n) is 3.96. The first-order chi connectivity index (χ1) is 9.69. The van der Waals surface area contributed by atoms with Crippen LogP contribution in [0.1, 0.15) is 18.4 Å². The monoisotopic (exact) mass is 313 g/mol. The number of nitrogens with one attached hydrogen (secondary N) is 1. The first kappa shape index (κ1) is 17.9. The summed E-state index contributed by atoms with van der Waals surface area (Å²) in [6.45, 7) is 4.47. The molecule has 0 bridgehead atoms. The second-order valence-electron chi connectivity index (χ2n) is 5.54. The number of non-ortho nitro benzene ring substituents is 1. The molecule has 1 atom stereocenters. The standard InChI is InChI=1S/C15H23N3O2.ClH/c1-16-11-14-3-2-9-17(12-14)10-8-13-4-6-15(7-5-13)18(19)20;/h4-7,14,16H,2-3,8-12H2,1H3;1H. The van der Waals surface area contributed by atoms with Crippen LogP contribution in [0.3, 0.4) is 0 Å². The molecule has 6 heteroatoms. The molecule has 1 aliphatic heterocycles. The molecule has 0 saturated carbocycles. The van der Waals surface area contributed by atoms with Crippen LogP contribution in [0.15, 0.2) is 24.3 Å². The molecule has 5 nitrogen and oxygen atoms in total. The molecular formula is C15H24ClN3O2. The van der Waals surface area contributed by atoms with E-state index in [2.05, 4.69) is 10.2 Å². The summed E-state index contributed by atoms with van der Waals surface area (Å²) < 4.78 is 0. The predicted octanol–water partition coefficient (Wildman–Crippen LogP) is 2.49. The Morgan fingerprint density at radius 1 is 1.38 bits per heavy atom. The SMILES string of the molecule is CNCC1CCCN(CCc2ccc([N+](=O)[O-])cc2)C1.Cl. The van der Waals surface area contributed by atoms with Gasteiger partial charge in [-0.25, -0.2) is 0 Å². The highest BCUT2D eigenvalue weighted by atomic mass is 35.5. The maximum Gasteiger partial charge on any atom is 0.269 e. The van der Waals surface area contributed by atoms with Crippen LogP contribution in [0, 0.1) is 16.0 Å². The fraction of sp³-hybridized carbons (Fsp3) is 0.600. The van der Waals surface area contributed by atoms with Crippen molar-refractivity contribution in [2.45, 2.75) is 19.3 Å². The second kappa shape index (κ2) is 8.97. The van der Waals surface area contributed by atoms with Crippen molar-refractivity contribution in [2.75, 3.05) is 33.2 Å². The lowest BCUT2D eigenvalue weighted by atomic mass is 9.97. The first-order valence-corrected chi connectivity index (χ1v) is 7.29. The molecule has 1 aliphatic rings. The summed E-state index contributed by atoms with van der Waals surface area (Å²) in [6, 6.07) is 6.92. The van der Waals surface area contributed by atoms with Crippen LogP contribution in [0.4, 0.5) is 5.69 Å². The predicted molar refractivity (Wildman–Crippen MR) is 87.1 cm³/mol. The van der Waals surface area contributed by atoms with E-state index in [-0.39, 0.29) is 23.0 Å². The van der Waals surface area contributed by atoms with E-state index in [1.807, 2.05) is 19.2 Å². The number of likely N-dealkylation sites (tertiary alicyclic amines) is 1. The van der Waals surface area contributed by atoms with Gasteiger partial charge in [0.05, 0.1) is 4.92 Å². The molecule has 0 spiro atoms. The van der Waals surface area contributed by atoms with Crippen molar-refractivity contribution in [1.29, 1.82) is 0 Å². The highest BCUT2D eigenvalue weighted by molar-refractivity contribution is 5.85. The number of nitro benzene ring substituents is 1. The summed E-state index contributed by atoms with van der Waals surface area (Å²) in [5, 5.41) is 13.9. The van der Waals surface area contributed by atoms with E-state index in [4.69, 9.17) is 0 Å². The molecule has 0 aromatic heterocycles. The van der Waals surface area contributed by atoms with Crippen LogP contribution < -0.4 is 5.32 Å². The number of piperidine rings is 1. The van der Waals surface area contributed by atoms with Gasteiger partial charge < -0.3 is 10.2 Å². The molecule has 0 radical (unpaired) electrons. The molecule has 1 saturated heterocycles. The summed E-state index contributed by atoms with van der Waals surface area (Å²) in [7, 11) is 2.01. The van der Waals surface area contributed by atoms with E-state index in [1.54, 1.807) is 12.1 Å². The highest BCUT2D eigenvalue weighted by Gasteiger charge is 2.18. The molecule has 1 aromatic rings. The smallest absolute Gasteiger partial charge is 0.269 e. The Kier molecular flexibility index (Phi) is 7.64. The molecule has 0 aliphatic carbocycles. The Balaban J connectivity index is 0.00000220. The van der Waals surface area contributed by atoms with Gasteiger partial charge in [0.2, 0.25) is 0 Å². The third kappa shape index (κ3) is 5.61. The molecule has 1 aromatic carbocycles. The highest BCUT2D eigenvalue weighted by Crippen LogP contribution is 2.17. The zero-order valence-electron chi connectivity index (χ0n) is 12.5. The van der Waals surface area contributed by atoms with Gasteiger partial charge in [-0.3, -0.25) is 10.1 Å². The normalized spacial score (nSPS) is 19.0. The molecule has 118 valence electrons. The number of nitrogens with zero attached hydrogens (tertiary/aromatic N) is 2. The van der Waals surface area contributed by atoms with Crippen LogP contribution in [-0.2, 0) is 6.42 Å². The number of benzene rings is 1. The molecule has 21 heavy (non-hydrogen) atoms. The molecule has 2 rings (SSSR count). The van der Waals surface area contributed by atoms with E-state index in [0.29, 0.717) is 0 Å². The lowest BCUT2D eigenvalue weighted by Crippen LogP contribution is -2.39. The summed E-state index contributed by atoms with van der Waals surface area (Å²) in [4.78, 5) is 12.8. The van der Waals surface area contributed by atoms with Crippen molar-refractivity contribution in [3.63, 3.8) is 0 Å². The molecule has 1 heterocycles. The van der Waals surface area contributed by atoms with Gasteiger partial charge in [-0.15, -0.1) is 12.4 Å². The Bertz CT molecular complexity index is 437. The second-order valence-corrected chi connectivity index (χ2v) is 5.54. The Morgan fingerprint density at radius 3 is 2.71 bits per heavy atom. The molecule has 1 unspecified atom stereocenters. The van der Waals surface area contributed by atoms with Gasteiger partial charge in [0.25, 0.3) is 5.69 Å². The van der Waals surface area contributed by atoms with E-state index in [1.165, 1.54) is 24.9 Å². The molecule has 1 N–H and O–H groups in total. The van der Waals surface area contributed by atoms with Crippen LogP contribution in [0.25, 0.3) is 0 Å². The van der Waals surface area contributed by atoms with Crippen molar-refractivity contribution in [3.8, 4) is 0 Å². The average molecular weight is 314 g/mol. The van der Waals surface area contributed by atoms with Crippen molar-refractivity contribution in [2.24, 2.45) is 5.92 Å². The summed E-state index contributed by atoms with van der Waals surface area (Å²) >= 11 is 0. The van der Waals surface area contributed by atoms with Gasteiger partial charge in [-0.05, 0) is 50.9 Å². The minimum absolute atomic E-state index is 0. The number of hydrogen-bond acceptors (Lipinski definition) is 4. The molecule has 0 amide bonds. The van der Waals surface area contributed by atoms with Gasteiger partial charge >= 0.3 is 0 Å². The quantitative estimate of drug-likeness (QED) is 0.647. The Hall–Kier alpha value is -1.17. The fourth-order valence-corrected chi connectivity index (χ4v) is 2.88. The zero-order valence-corrected chi connectivity index (χ0v) is 13.3. The van der Waals surface area contributed by atoms with Crippen LogP contribution >= 0.6 is 12.4 Å². The lowest BCUT2D eigenvalue weighted by Gasteiger charge is -2.32. The van der Waals surface area contributed by atoms with Crippen molar-refractivity contribution < 1.29 is 4.92 Å². The topological polar surface area (TPSA) is 58.4 Å². The summed E-state index contributed by atoms with van der Waals surface area (Å²) in [5.74, 6) is 0.755. The average Bonchev–Trinajstić information content (AvgIpc) is 2.46. The number of halogens is 1. The first-order valence-electron chi connectivity index (χ1n) is 7.29. The Labute approximate surface area is 132 Å². The maximum absolute atomic E-state index is 10.6. The molecular weight excluding hydrogens is 290 g/mol. The van der Waals surface area contributed by atoms with Gasteiger partial charge in [0.15, 0.2) is 0 Å². The van der Waals surface area contributed by atoms with Crippen LogP contribution in [0.2, 0.25) is 0 Å². The van der Waals surface area contributed by atoms with E-state index < -0.39 is 0 Å². The largest absolute Gasteiger partial charge is 0.319 e. The fourth-order valence-electron chi connectivity index (χ4n) is 2.88. The summed E-state index contributed by atoms with van der Waals surface area (Å²) in [6.07, 6.45) is 3.55. The third-order valence-corrected chi connectivity index (χ3v) is 3.96. The minimum atomic E-state index is -0.350. The van der Waals surface area contributed by atoms with E-state index in [0.717, 1.165) is 32.0 Å².